The number of ether oxygens (including phenoxy) is 1. The number of nitrogens with zero attached hydrogens (tertiary/aromatic N) is 7. The van der Waals surface area contributed by atoms with Crippen LogP contribution in [-0.4, -0.2) is 34.6 Å². The molecule has 0 bridgehead atoms. The Morgan fingerprint density at radius 3 is 2.61 bits per heavy atom. The van der Waals surface area contributed by atoms with Crippen LogP contribution in [0.5, 0.6) is 5.88 Å². The van der Waals surface area contributed by atoms with Crippen molar-refractivity contribution in [2.75, 3.05) is 0 Å². The van der Waals surface area contributed by atoms with Crippen LogP contribution in [0.25, 0.3) is 28.2 Å². The molecule has 0 radical (unpaired) electrons. The summed E-state index contributed by atoms with van der Waals surface area (Å²) in [6, 6.07) is 13.9. The number of rotatable bonds is 5. The molecule has 0 saturated heterocycles. The fraction of sp³-hybridized carbons (Fsp3) is 0.0952. The molecule has 0 unspecified atom stereocenters. The Morgan fingerprint density at radius 2 is 1.84 bits per heavy atom. The summed E-state index contributed by atoms with van der Waals surface area (Å²) in [4.78, 5) is 4.12. The van der Waals surface area contributed by atoms with Gasteiger partial charge in [0, 0.05) is 18.7 Å². The van der Waals surface area contributed by atoms with Gasteiger partial charge in [0.15, 0.2) is 17.3 Å². The average Bonchev–Trinajstić information content (AvgIpc) is 3.38. The molecule has 8 nitrogen and oxygen atoms in total. The number of benzene rings is 2. The number of aromatic nitrogens is 7. The SMILES string of the molecule is Cn1ncnc1COc1cc(-c2cccc(F)c2)c2nnc(-c3ccccc3F)n2n1. The number of halogens is 2. The van der Waals surface area contributed by atoms with E-state index in [2.05, 4.69) is 25.4 Å². The van der Waals surface area contributed by atoms with Crippen molar-refractivity contribution in [2.45, 2.75) is 6.61 Å². The topological polar surface area (TPSA) is 83.0 Å². The minimum Gasteiger partial charge on any atom is -0.468 e. The molecule has 2 aromatic carbocycles. The summed E-state index contributed by atoms with van der Waals surface area (Å²) in [5, 5.41) is 16.8. The van der Waals surface area contributed by atoms with E-state index in [0.29, 0.717) is 22.6 Å². The first kappa shape index (κ1) is 18.8. The molecule has 0 aliphatic heterocycles. The minimum atomic E-state index is -0.462. The highest BCUT2D eigenvalue weighted by Crippen LogP contribution is 2.30. The van der Waals surface area contributed by atoms with E-state index >= 15 is 0 Å². The summed E-state index contributed by atoms with van der Waals surface area (Å²) >= 11 is 0. The van der Waals surface area contributed by atoms with Crippen molar-refractivity contribution in [3.8, 4) is 28.4 Å². The van der Waals surface area contributed by atoms with E-state index in [1.165, 1.54) is 29.0 Å². The van der Waals surface area contributed by atoms with Gasteiger partial charge in [-0.2, -0.15) is 9.61 Å². The summed E-state index contributed by atoms with van der Waals surface area (Å²) in [5.74, 6) is 0.147. The first-order valence-electron chi connectivity index (χ1n) is 9.33. The van der Waals surface area contributed by atoms with Crippen molar-refractivity contribution in [2.24, 2.45) is 7.05 Å². The lowest BCUT2D eigenvalue weighted by molar-refractivity contribution is 0.274. The highest BCUT2D eigenvalue weighted by Gasteiger charge is 2.19. The molecule has 0 aliphatic rings. The summed E-state index contributed by atoms with van der Waals surface area (Å²) in [6.45, 7) is 0.106. The van der Waals surface area contributed by atoms with E-state index in [-0.39, 0.29) is 23.9 Å². The number of hydrogen-bond acceptors (Lipinski definition) is 6. The average molecular weight is 419 g/mol. The van der Waals surface area contributed by atoms with Crippen molar-refractivity contribution in [1.82, 2.24) is 34.6 Å². The van der Waals surface area contributed by atoms with E-state index in [9.17, 15) is 8.78 Å². The van der Waals surface area contributed by atoms with Crippen LogP contribution >= 0.6 is 0 Å². The van der Waals surface area contributed by atoms with Gasteiger partial charge in [-0.25, -0.2) is 13.8 Å². The number of hydrogen-bond donors (Lipinski definition) is 0. The molecule has 0 aliphatic carbocycles. The summed E-state index contributed by atoms with van der Waals surface area (Å²) in [6.07, 6.45) is 1.42. The summed E-state index contributed by atoms with van der Waals surface area (Å²) in [7, 11) is 1.75. The lowest BCUT2D eigenvalue weighted by Gasteiger charge is -2.10. The van der Waals surface area contributed by atoms with Gasteiger partial charge < -0.3 is 4.74 Å². The molecule has 10 heteroatoms. The van der Waals surface area contributed by atoms with E-state index in [1.54, 1.807) is 48.1 Å². The third-order valence-corrected chi connectivity index (χ3v) is 4.75. The number of fused-ring (bicyclic) bond motifs is 1. The molecule has 3 heterocycles. The molecular formula is C21H15F2N7O. The van der Waals surface area contributed by atoms with Crippen LogP contribution in [-0.2, 0) is 13.7 Å². The monoisotopic (exact) mass is 419 g/mol. The third-order valence-electron chi connectivity index (χ3n) is 4.75. The van der Waals surface area contributed by atoms with E-state index in [1.807, 2.05) is 0 Å². The van der Waals surface area contributed by atoms with Crippen molar-refractivity contribution in [1.29, 1.82) is 0 Å². The lowest BCUT2D eigenvalue weighted by atomic mass is 10.1. The molecule has 0 fully saturated rings. The van der Waals surface area contributed by atoms with Crippen LogP contribution in [0.3, 0.4) is 0 Å². The first-order valence-corrected chi connectivity index (χ1v) is 9.33. The Kier molecular flexibility index (Phi) is 4.58. The van der Waals surface area contributed by atoms with Crippen LogP contribution in [0.2, 0.25) is 0 Å². The second kappa shape index (κ2) is 7.56. The predicted molar refractivity (Wildman–Crippen MR) is 107 cm³/mol. The highest BCUT2D eigenvalue weighted by molar-refractivity contribution is 5.79. The van der Waals surface area contributed by atoms with Gasteiger partial charge in [0.25, 0.3) is 0 Å². The first-order chi connectivity index (χ1) is 15.1. The van der Waals surface area contributed by atoms with Gasteiger partial charge in [-0.15, -0.1) is 15.3 Å². The molecule has 5 rings (SSSR count). The van der Waals surface area contributed by atoms with E-state index in [0.717, 1.165) is 0 Å². The smallest absolute Gasteiger partial charge is 0.232 e. The van der Waals surface area contributed by atoms with Gasteiger partial charge in [-0.1, -0.05) is 24.3 Å². The van der Waals surface area contributed by atoms with Gasteiger partial charge in [-0.3, -0.25) is 4.68 Å². The van der Waals surface area contributed by atoms with Gasteiger partial charge in [0.1, 0.15) is 24.6 Å². The molecule has 0 amide bonds. The number of aryl methyl sites for hydroxylation is 1. The standard InChI is InChI=1S/C21H15F2N7O/c1-29-18(24-12-25-29)11-31-19-10-16(13-5-4-6-14(22)9-13)21-27-26-20(30(21)28-19)15-7-2-3-8-17(15)23/h2-10,12H,11H2,1H3. The van der Waals surface area contributed by atoms with Crippen LogP contribution in [0, 0.1) is 11.6 Å². The fourth-order valence-corrected chi connectivity index (χ4v) is 3.20. The predicted octanol–water partition coefficient (Wildman–Crippen LogP) is 3.44. The molecule has 5 aromatic rings. The maximum Gasteiger partial charge on any atom is 0.232 e. The zero-order chi connectivity index (χ0) is 21.4. The Hall–Kier alpha value is -4.21. The van der Waals surface area contributed by atoms with Crippen molar-refractivity contribution >= 4 is 5.65 Å². The molecule has 0 atom stereocenters. The molecule has 0 spiro atoms. The van der Waals surface area contributed by atoms with E-state index < -0.39 is 11.6 Å². The molecule has 31 heavy (non-hydrogen) atoms. The molecule has 154 valence electrons. The van der Waals surface area contributed by atoms with E-state index in [4.69, 9.17) is 4.74 Å². The summed E-state index contributed by atoms with van der Waals surface area (Å²) in [5.41, 5.74) is 1.67. The zero-order valence-corrected chi connectivity index (χ0v) is 16.3. The second-order valence-electron chi connectivity index (χ2n) is 6.73. The molecule has 0 saturated carbocycles. The Balaban J connectivity index is 1.67. The molecule has 0 N–H and O–H groups in total. The third kappa shape index (κ3) is 3.48. The zero-order valence-electron chi connectivity index (χ0n) is 16.3. The Labute approximate surface area is 174 Å². The van der Waals surface area contributed by atoms with Crippen LogP contribution in [0.1, 0.15) is 5.82 Å². The normalized spacial score (nSPS) is 11.2. The Morgan fingerprint density at radius 1 is 0.968 bits per heavy atom. The van der Waals surface area contributed by atoms with Gasteiger partial charge in [-0.05, 0) is 29.8 Å². The maximum absolute atomic E-state index is 14.4. The largest absolute Gasteiger partial charge is 0.468 e. The van der Waals surface area contributed by atoms with Gasteiger partial charge >= 0.3 is 0 Å². The molecular weight excluding hydrogens is 404 g/mol. The minimum absolute atomic E-state index is 0.106. The fourth-order valence-electron chi connectivity index (χ4n) is 3.20. The van der Waals surface area contributed by atoms with Crippen molar-refractivity contribution in [3.63, 3.8) is 0 Å². The van der Waals surface area contributed by atoms with Crippen molar-refractivity contribution < 1.29 is 13.5 Å². The van der Waals surface area contributed by atoms with Crippen LogP contribution in [0.4, 0.5) is 8.78 Å². The highest BCUT2D eigenvalue weighted by atomic mass is 19.1. The van der Waals surface area contributed by atoms with Crippen molar-refractivity contribution in [3.05, 3.63) is 78.4 Å². The van der Waals surface area contributed by atoms with Gasteiger partial charge in [0.05, 0.1) is 5.56 Å². The second-order valence-corrected chi connectivity index (χ2v) is 6.73. The van der Waals surface area contributed by atoms with Crippen LogP contribution < -0.4 is 4.74 Å². The maximum atomic E-state index is 14.4. The quantitative estimate of drug-likeness (QED) is 0.434. The lowest BCUT2D eigenvalue weighted by Crippen LogP contribution is -2.07. The Bertz CT molecular complexity index is 1400. The molecule has 3 aromatic heterocycles. The van der Waals surface area contributed by atoms with Crippen LogP contribution in [0.15, 0.2) is 60.9 Å². The summed E-state index contributed by atoms with van der Waals surface area (Å²) < 4.78 is 37.1. The van der Waals surface area contributed by atoms with Gasteiger partial charge in [0.2, 0.25) is 5.88 Å².